The largest absolute Gasteiger partial charge is 1.00 e. The van der Waals surface area contributed by atoms with Gasteiger partial charge < -0.3 is 0 Å². The van der Waals surface area contributed by atoms with Crippen LogP contribution in [0.15, 0.2) is 18.2 Å². The molecule has 0 aliphatic rings. The minimum atomic E-state index is -4.44. The molecule has 0 aliphatic carbocycles. The minimum Gasteiger partial charge on any atom is -0.284 e. The monoisotopic (exact) mass is 170 g/mol. The summed E-state index contributed by atoms with van der Waals surface area (Å²) >= 11 is 0. The van der Waals surface area contributed by atoms with Crippen molar-refractivity contribution in [3.05, 3.63) is 35.6 Å². The Bertz CT molecular complexity index is 239. The molecule has 0 fully saturated rings. The molecule has 0 aliphatic heterocycles. The summed E-state index contributed by atoms with van der Waals surface area (Å²) in [6.07, 6.45) is -4.44. The van der Waals surface area contributed by atoms with Crippen LogP contribution in [0.4, 0.5) is 17.6 Å². The second kappa shape index (κ2) is 3.97. The Hall–Kier alpha value is -0.463. The molecule has 0 saturated heterocycles. The van der Waals surface area contributed by atoms with Crippen molar-refractivity contribution in [1.29, 1.82) is 0 Å². The third-order valence-electron chi connectivity index (χ3n) is 1.08. The first kappa shape index (κ1) is 11.5. The van der Waals surface area contributed by atoms with Gasteiger partial charge in [-0.25, -0.2) is 0 Å². The van der Waals surface area contributed by atoms with Crippen molar-refractivity contribution < 1.29 is 36.4 Å². The van der Waals surface area contributed by atoms with Gasteiger partial charge in [0.05, 0.1) is 0 Å². The van der Waals surface area contributed by atoms with Gasteiger partial charge in [-0.15, -0.1) is 12.1 Å². The normalized spacial score (nSPS) is 10.7. The number of alkyl halides is 3. The van der Waals surface area contributed by atoms with Gasteiger partial charge in [0.2, 0.25) is 0 Å². The van der Waals surface area contributed by atoms with E-state index in [0.717, 1.165) is 6.07 Å². The Labute approximate surface area is 78.8 Å². The topological polar surface area (TPSA) is 0 Å². The molecule has 1 rings (SSSR count). The summed E-state index contributed by atoms with van der Waals surface area (Å²) in [4.78, 5) is 0. The van der Waals surface area contributed by atoms with E-state index in [-0.39, 0.29) is 18.9 Å². The predicted octanol–water partition coefficient (Wildman–Crippen LogP) is -0.351. The number of hydrogen-bond donors (Lipinski definition) is 0. The number of benzene rings is 1. The fourth-order valence-electron chi connectivity index (χ4n) is 0.582. The molecule has 0 atom stereocenters. The van der Waals surface area contributed by atoms with Gasteiger partial charge in [0.1, 0.15) is 0 Å². The second-order valence-electron chi connectivity index (χ2n) is 1.92. The van der Waals surface area contributed by atoms with Crippen molar-refractivity contribution in [3.8, 4) is 0 Å². The molecule has 0 bridgehead atoms. The molecule has 60 valence electrons. The average Bonchev–Trinajstić information content (AvgIpc) is 1.86. The molecule has 0 spiro atoms. The molecule has 0 N–H and O–H groups in total. The van der Waals surface area contributed by atoms with Crippen LogP contribution in [0.25, 0.3) is 0 Å². The molecule has 0 amide bonds. The van der Waals surface area contributed by atoms with E-state index in [1.807, 2.05) is 0 Å². The van der Waals surface area contributed by atoms with Gasteiger partial charge in [0.25, 0.3) is 0 Å². The summed E-state index contributed by atoms with van der Waals surface area (Å²) in [5.74, 6) is -0.724. The van der Waals surface area contributed by atoms with E-state index in [2.05, 4.69) is 0 Å². The van der Waals surface area contributed by atoms with E-state index >= 15 is 0 Å². The first-order chi connectivity index (χ1) is 5.00. The smallest absolute Gasteiger partial charge is 0.284 e. The molecular weight excluding hydrogens is 167 g/mol. The van der Waals surface area contributed by atoms with Crippen LogP contribution in [0.1, 0.15) is 5.56 Å². The van der Waals surface area contributed by atoms with E-state index in [4.69, 9.17) is 0 Å². The maximum absolute atomic E-state index is 12.1. The third kappa shape index (κ3) is 2.88. The molecule has 0 unspecified atom stereocenters. The molecule has 5 heteroatoms. The second-order valence-corrected chi connectivity index (χ2v) is 1.92. The van der Waals surface area contributed by atoms with Gasteiger partial charge in [-0.1, -0.05) is 5.56 Å². The summed E-state index contributed by atoms with van der Waals surface area (Å²) in [7, 11) is 0. The molecule has 12 heavy (non-hydrogen) atoms. The third-order valence-corrected chi connectivity index (χ3v) is 1.08. The average molecular weight is 170 g/mol. The molecule has 0 saturated carbocycles. The van der Waals surface area contributed by atoms with Gasteiger partial charge in [0.15, 0.2) is 0 Å². The molecular formula is C7H3F4Li. The summed E-state index contributed by atoms with van der Waals surface area (Å²) in [5, 5.41) is 0. The van der Waals surface area contributed by atoms with Gasteiger partial charge in [0, 0.05) is 5.82 Å². The first-order valence-corrected chi connectivity index (χ1v) is 2.74. The number of halogens is 4. The number of hydrogen-bond acceptors (Lipinski definition) is 0. The van der Waals surface area contributed by atoms with Crippen molar-refractivity contribution in [1.82, 2.24) is 0 Å². The maximum Gasteiger partial charge on any atom is 1.00 e. The fraction of sp³-hybridized carbons (Fsp3) is 0.143. The van der Waals surface area contributed by atoms with Gasteiger partial charge >= 0.3 is 25.0 Å². The molecule has 0 nitrogen and oxygen atoms in total. The minimum absolute atomic E-state index is 0. The van der Waals surface area contributed by atoms with E-state index in [1.54, 1.807) is 6.07 Å². The Morgan fingerprint density at radius 2 is 1.75 bits per heavy atom. The fourth-order valence-corrected chi connectivity index (χ4v) is 0.582. The van der Waals surface area contributed by atoms with E-state index in [0.29, 0.717) is 12.1 Å². The van der Waals surface area contributed by atoms with E-state index in [1.165, 1.54) is 0 Å². The van der Waals surface area contributed by atoms with Crippen LogP contribution < -0.4 is 18.9 Å². The van der Waals surface area contributed by atoms with Crippen molar-refractivity contribution in [2.75, 3.05) is 0 Å². The first-order valence-electron chi connectivity index (χ1n) is 2.74. The SMILES string of the molecule is Fc1c[c-]c(C(F)(F)F)cc1.[Li+]. The quantitative estimate of drug-likeness (QED) is 0.283. The van der Waals surface area contributed by atoms with E-state index < -0.39 is 17.6 Å². The van der Waals surface area contributed by atoms with Crippen LogP contribution in [0.5, 0.6) is 0 Å². The maximum atomic E-state index is 12.1. The summed E-state index contributed by atoms with van der Waals surface area (Å²) in [5.41, 5.74) is -0.959. The van der Waals surface area contributed by atoms with Crippen LogP contribution in [0.2, 0.25) is 0 Å². The molecule has 0 aromatic heterocycles. The molecule has 0 heterocycles. The Morgan fingerprint density at radius 3 is 2.08 bits per heavy atom. The van der Waals surface area contributed by atoms with Crippen LogP contribution in [-0.4, -0.2) is 0 Å². The summed E-state index contributed by atoms with van der Waals surface area (Å²) in [6.45, 7) is 0. The zero-order valence-electron chi connectivity index (χ0n) is 6.24. The van der Waals surface area contributed by atoms with Gasteiger partial charge in [-0.05, 0) is 0 Å². The van der Waals surface area contributed by atoms with Crippen LogP contribution in [0, 0.1) is 11.9 Å². The summed E-state index contributed by atoms with van der Waals surface area (Å²) in [6, 6.07) is 3.83. The Morgan fingerprint density at radius 1 is 1.17 bits per heavy atom. The van der Waals surface area contributed by atoms with Crippen molar-refractivity contribution in [3.63, 3.8) is 0 Å². The van der Waals surface area contributed by atoms with Crippen molar-refractivity contribution in [2.24, 2.45) is 0 Å². The summed E-state index contributed by atoms with van der Waals surface area (Å²) < 4.78 is 47.4. The predicted molar refractivity (Wildman–Crippen MR) is 30.2 cm³/mol. The van der Waals surface area contributed by atoms with Crippen LogP contribution in [0.3, 0.4) is 0 Å². The molecule has 0 radical (unpaired) electrons. The molecule has 1 aromatic rings. The van der Waals surface area contributed by atoms with Crippen LogP contribution >= 0.6 is 0 Å². The standard InChI is InChI=1S/C7H3F4.Li/c8-6-3-1-5(2-4-6)7(9,10)11;/h1,3-4H;/q-1;+1. The number of rotatable bonds is 0. The Balaban J connectivity index is 0.00000121. The van der Waals surface area contributed by atoms with Gasteiger partial charge in [-0.2, -0.15) is 25.3 Å². The zero-order valence-corrected chi connectivity index (χ0v) is 6.24. The van der Waals surface area contributed by atoms with E-state index in [9.17, 15) is 17.6 Å². The van der Waals surface area contributed by atoms with Crippen LogP contribution in [-0.2, 0) is 6.18 Å². The van der Waals surface area contributed by atoms with Crippen molar-refractivity contribution in [2.45, 2.75) is 6.18 Å². The zero-order chi connectivity index (χ0) is 8.48. The Kier molecular flexibility index (Phi) is 3.82. The molecule has 1 aromatic carbocycles. The van der Waals surface area contributed by atoms with Gasteiger partial charge in [-0.3, -0.25) is 4.39 Å². The van der Waals surface area contributed by atoms with Crippen molar-refractivity contribution >= 4 is 0 Å².